The number of aliphatic carboxylic acids is 1. The molecule has 0 saturated carbocycles. The summed E-state index contributed by atoms with van der Waals surface area (Å²) < 4.78 is 0. The van der Waals surface area contributed by atoms with Crippen molar-refractivity contribution in [2.24, 2.45) is 0 Å². The Morgan fingerprint density at radius 3 is 1.68 bits per heavy atom. The molecule has 0 aromatic rings. The van der Waals surface area contributed by atoms with E-state index < -0.39 is 5.97 Å². The topological polar surface area (TPSA) is 40.5 Å². The zero-order valence-corrected chi connectivity index (χ0v) is 13.2. The molecular formula is C16H33NO2. The molecule has 0 aromatic heterocycles. The fraction of sp³-hybridized carbons (Fsp3) is 0.938. The zero-order chi connectivity index (χ0) is 14.5. The third kappa shape index (κ3) is 11.0. The van der Waals surface area contributed by atoms with Crippen LogP contribution in [0.5, 0.6) is 0 Å². The minimum absolute atomic E-state index is 0.311. The summed E-state index contributed by atoms with van der Waals surface area (Å²) in [5.41, 5.74) is 0. The number of hydrogen-bond donors (Lipinski definition) is 1. The first-order valence-corrected chi connectivity index (χ1v) is 7.98. The molecule has 0 spiro atoms. The SMILES string of the molecule is CCCCCCCCCCCC[C@@H](C(=O)O)N(C)C. The van der Waals surface area contributed by atoms with Gasteiger partial charge in [-0.2, -0.15) is 0 Å². The fourth-order valence-corrected chi connectivity index (χ4v) is 2.43. The van der Waals surface area contributed by atoms with Gasteiger partial charge in [0.05, 0.1) is 0 Å². The first-order valence-electron chi connectivity index (χ1n) is 7.98. The van der Waals surface area contributed by atoms with Gasteiger partial charge in [-0.05, 0) is 20.5 Å². The molecule has 0 unspecified atom stereocenters. The maximum Gasteiger partial charge on any atom is 0.320 e. The molecule has 3 nitrogen and oxygen atoms in total. The van der Waals surface area contributed by atoms with Crippen molar-refractivity contribution in [2.45, 2.75) is 83.6 Å². The Morgan fingerprint density at radius 2 is 1.32 bits per heavy atom. The van der Waals surface area contributed by atoms with Crippen molar-refractivity contribution < 1.29 is 9.90 Å². The van der Waals surface area contributed by atoms with Crippen LogP contribution in [0.2, 0.25) is 0 Å². The smallest absolute Gasteiger partial charge is 0.320 e. The molecular weight excluding hydrogens is 238 g/mol. The van der Waals surface area contributed by atoms with E-state index in [2.05, 4.69) is 6.92 Å². The summed E-state index contributed by atoms with van der Waals surface area (Å²) in [5.74, 6) is -0.694. The van der Waals surface area contributed by atoms with Gasteiger partial charge in [-0.3, -0.25) is 9.69 Å². The first kappa shape index (κ1) is 18.4. The zero-order valence-electron chi connectivity index (χ0n) is 13.2. The van der Waals surface area contributed by atoms with Gasteiger partial charge in [-0.15, -0.1) is 0 Å². The van der Waals surface area contributed by atoms with Crippen LogP contribution in [0, 0.1) is 0 Å². The number of carboxylic acids is 1. The van der Waals surface area contributed by atoms with Crippen LogP contribution >= 0.6 is 0 Å². The number of carbonyl (C=O) groups is 1. The summed E-state index contributed by atoms with van der Waals surface area (Å²) in [6.45, 7) is 2.25. The van der Waals surface area contributed by atoms with Crippen molar-refractivity contribution in [1.82, 2.24) is 4.90 Å². The van der Waals surface area contributed by atoms with E-state index in [1.807, 2.05) is 14.1 Å². The summed E-state index contributed by atoms with van der Waals surface area (Å²) in [6, 6.07) is -0.311. The third-order valence-corrected chi connectivity index (χ3v) is 3.74. The van der Waals surface area contributed by atoms with Crippen molar-refractivity contribution in [3.8, 4) is 0 Å². The van der Waals surface area contributed by atoms with E-state index in [1.54, 1.807) is 4.90 Å². The van der Waals surface area contributed by atoms with Crippen LogP contribution in [0.1, 0.15) is 77.6 Å². The minimum Gasteiger partial charge on any atom is -0.480 e. The summed E-state index contributed by atoms with van der Waals surface area (Å²) in [5, 5.41) is 9.05. The largest absolute Gasteiger partial charge is 0.480 e. The van der Waals surface area contributed by atoms with Crippen LogP contribution in [0.3, 0.4) is 0 Å². The summed E-state index contributed by atoms with van der Waals surface area (Å²) in [6.07, 6.45) is 13.7. The third-order valence-electron chi connectivity index (χ3n) is 3.74. The van der Waals surface area contributed by atoms with E-state index in [0.717, 1.165) is 12.8 Å². The molecule has 1 N–H and O–H groups in total. The Balaban J connectivity index is 3.32. The second-order valence-corrected chi connectivity index (χ2v) is 5.79. The average molecular weight is 271 g/mol. The average Bonchev–Trinajstić information content (AvgIpc) is 2.35. The molecule has 0 rings (SSSR count). The van der Waals surface area contributed by atoms with Gasteiger partial charge in [0.25, 0.3) is 0 Å². The molecule has 0 aliphatic rings. The van der Waals surface area contributed by atoms with Crippen molar-refractivity contribution in [2.75, 3.05) is 14.1 Å². The van der Waals surface area contributed by atoms with Crippen molar-refractivity contribution in [3.63, 3.8) is 0 Å². The highest BCUT2D eigenvalue weighted by molar-refractivity contribution is 5.73. The Morgan fingerprint density at radius 1 is 0.895 bits per heavy atom. The normalized spacial score (nSPS) is 12.8. The van der Waals surface area contributed by atoms with Gasteiger partial charge >= 0.3 is 5.97 Å². The van der Waals surface area contributed by atoms with E-state index >= 15 is 0 Å². The van der Waals surface area contributed by atoms with Crippen molar-refractivity contribution in [1.29, 1.82) is 0 Å². The molecule has 3 heteroatoms. The quantitative estimate of drug-likeness (QED) is 0.507. The molecule has 114 valence electrons. The standard InChI is InChI=1S/C16H33NO2/c1-4-5-6-7-8-9-10-11-12-13-14-15(16(18)19)17(2)3/h15H,4-14H2,1-3H3,(H,18,19)/t15-/m0/s1. The van der Waals surface area contributed by atoms with Crippen molar-refractivity contribution >= 4 is 5.97 Å². The van der Waals surface area contributed by atoms with Crippen molar-refractivity contribution in [3.05, 3.63) is 0 Å². The lowest BCUT2D eigenvalue weighted by atomic mass is 10.0. The lowest BCUT2D eigenvalue weighted by Crippen LogP contribution is -2.35. The van der Waals surface area contributed by atoms with Crippen LogP contribution in [0.25, 0.3) is 0 Å². The minimum atomic E-state index is -0.694. The molecule has 1 atom stereocenters. The Kier molecular flexibility index (Phi) is 12.1. The summed E-state index contributed by atoms with van der Waals surface area (Å²) in [4.78, 5) is 12.8. The van der Waals surface area contributed by atoms with Gasteiger partial charge in [0.15, 0.2) is 0 Å². The lowest BCUT2D eigenvalue weighted by Gasteiger charge is -2.19. The number of unbranched alkanes of at least 4 members (excludes halogenated alkanes) is 9. The van der Waals surface area contributed by atoms with Crippen LogP contribution in [0.4, 0.5) is 0 Å². The van der Waals surface area contributed by atoms with Crippen LogP contribution < -0.4 is 0 Å². The fourth-order valence-electron chi connectivity index (χ4n) is 2.43. The Labute approximate surface area is 119 Å². The van der Waals surface area contributed by atoms with Gasteiger partial charge in [-0.25, -0.2) is 0 Å². The van der Waals surface area contributed by atoms with E-state index in [-0.39, 0.29) is 6.04 Å². The highest BCUT2D eigenvalue weighted by Gasteiger charge is 2.18. The molecule has 0 aromatic carbocycles. The molecule has 19 heavy (non-hydrogen) atoms. The number of rotatable bonds is 13. The second kappa shape index (κ2) is 12.5. The van der Waals surface area contributed by atoms with Gasteiger partial charge in [0.2, 0.25) is 0 Å². The highest BCUT2D eigenvalue weighted by atomic mass is 16.4. The Hall–Kier alpha value is -0.570. The molecule has 0 fully saturated rings. The van der Waals surface area contributed by atoms with Gasteiger partial charge in [0, 0.05) is 0 Å². The first-order chi connectivity index (χ1) is 9.09. The number of likely N-dealkylation sites (N-methyl/N-ethyl adjacent to an activating group) is 1. The van der Waals surface area contributed by atoms with Gasteiger partial charge < -0.3 is 5.11 Å². The molecule has 0 bridgehead atoms. The monoisotopic (exact) mass is 271 g/mol. The summed E-state index contributed by atoms with van der Waals surface area (Å²) >= 11 is 0. The lowest BCUT2D eigenvalue weighted by molar-refractivity contribution is -0.142. The van der Waals surface area contributed by atoms with E-state index in [0.29, 0.717) is 0 Å². The summed E-state index contributed by atoms with van der Waals surface area (Å²) in [7, 11) is 3.68. The number of hydrogen-bond acceptors (Lipinski definition) is 2. The Bertz CT molecular complexity index is 217. The number of nitrogens with zero attached hydrogens (tertiary/aromatic N) is 1. The molecule has 0 radical (unpaired) electrons. The molecule has 0 heterocycles. The molecule has 0 saturated heterocycles. The predicted octanol–water partition coefficient (Wildman–Crippen LogP) is 4.31. The van der Waals surface area contributed by atoms with Crippen LogP contribution in [-0.2, 0) is 4.79 Å². The molecule has 0 aliphatic heterocycles. The maximum absolute atomic E-state index is 11.0. The van der Waals surface area contributed by atoms with Gasteiger partial charge in [0.1, 0.15) is 6.04 Å². The van der Waals surface area contributed by atoms with E-state index in [9.17, 15) is 4.79 Å². The highest BCUT2D eigenvalue weighted by Crippen LogP contribution is 2.13. The van der Waals surface area contributed by atoms with Crippen LogP contribution in [0.15, 0.2) is 0 Å². The number of carboxylic acid groups (broad SMARTS) is 1. The predicted molar refractivity (Wildman–Crippen MR) is 81.6 cm³/mol. The van der Waals surface area contributed by atoms with Gasteiger partial charge in [-0.1, -0.05) is 71.1 Å². The maximum atomic E-state index is 11.0. The van der Waals surface area contributed by atoms with Crippen LogP contribution in [-0.4, -0.2) is 36.1 Å². The molecule has 0 aliphatic carbocycles. The molecule has 0 amide bonds. The van der Waals surface area contributed by atoms with E-state index in [4.69, 9.17) is 5.11 Å². The van der Waals surface area contributed by atoms with E-state index in [1.165, 1.54) is 57.8 Å². The second-order valence-electron chi connectivity index (χ2n) is 5.79.